The van der Waals surface area contributed by atoms with Crippen LogP contribution in [-0.4, -0.2) is 69.3 Å². The number of unbranched alkanes of at least 4 members (excludes halogenated alkanes) is 23. The number of rotatable bonds is 38. The first kappa shape index (κ1) is 57.1. The van der Waals surface area contributed by atoms with E-state index in [1.165, 1.54) is 141 Å². The number of ether oxygens (including phenoxy) is 4. The van der Waals surface area contributed by atoms with Gasteiger partial charge in [-0.15, -0.1) is 0 Å². The van der Waals surface area contributed by atoms with Crippen LogP contribution in [0.2, 0.25) is 0 Å². The summed E-state index contributed by atoms with van der Waals surface area (Å²) >= 11 is 0. The fraction of sp³-hybridized carbons (Fsp3) is 0.820. The Hall–Kier alpha value is -2.85. The van der Waals surface area contributed by atoms with Gasteiger partial charge in [0.25, 0.3) is 0 Å². The normalized spacial score (nSPS) is 11.6. The number of nitrogens with one attached hydrogen (secondary N) is 3. The molecule has 1 aromatic rings. The Morgan fingerprint density at radius 1 is 0.550 bits per heavy atom. The number of amides is 3. The minimum absolute atomic E-state index is 0.140. The Bertz CT molecular complexity index is 1100. The summed E-state index contributed by atoms with van der Waals surface area (Å²) in [6, 6.07) is 9.47. The zero-order chi connectivity index (χ0) is 44.2. The molecule has 0 aliphatic carbocycles. The molecule has 1 unspecified atom stereocenters. The highest BCUT2D eigenvalue weighted by molar-refractivity contribution is 5.82. The van der Waals surface area contributed by atoms with Gasteiger partial charge >= 0.3 is 12.2 Å². The number of carbonyl (C=O) groups is 3. The van der Waals surface area contributed by atoms with Crippen LogP contribution in [0.5, 0.6) is 0 Å². The molecule has 60 heavy (non-hydrogen) atoms. The monoisotopic (exact) mass is 848 g/mol. The van der Waals surface area contributed by atoms with E-state index in [1.807, 2.05) is 51.1 Å². The number of hydrogen-bond donors (Lipinski definition) is 3. The maximum Gasteiger partial charge on any atom is 0.407 e. The van der Waals surface area contributed by atoms with Crippen LogP contribution in [0.4, 0.5) is 9.59 Å². The standard InChI is InChI=1S/C41H74N2O5.C9H19NO2/c1-3-5-7-9-11-13-15-17-19-21-23-28-32-46-37-39(47-33-29-24-22-20-18-16-14-12-10-8-6-4-2)34-42-40(44)35-43-41(45)48-36-38-30-26-25-27-31-38;1-5-6-7-10-8(11)12-9(2,3)4/h25-27,30-31,39H,3-24,28-29,32-37H2,1-2H3,(H,42,44)(H,43,45);5-7H2,1-4H3,(H,10,11). The van der Waals surface area contributed by atoms with Crippen molar-refractivity contribution >= 4 is 18.1 Å². The highest BCUT2D eigenvalue weighted by Crippen LogP contribution is 2.14. The van der Waals surface area contributed by atoms with Crippen molar-refractivity contribution in [1.29, 1.82) is 0 Å². The summed E-state index contributed by atoms with van der Waals surface area (Å²) in [6.45, 7) is 15.1. The van der Waals surface area contributed by atoms with Crippen LogP contribution in [-0.2, 0) is 30.3 Å². The van der Waals surface area contributed by atoms with Crippen molar-refractivity contribution in [2.45, 2.75) is 227 Å². The van der Waals surface area contributed by atoms with Crippen molar-refractivity contribution in [2.24, 2.45) is 0 Å². The van der Waals surface area contributed by atoms with Crippen molar-refractivity contribution in [1.82, 2.24) is 16.0 Å². The zero-order valence-electron chi connectivity index (χ0n) is 39.7. The molecule has 3 N–H and O–H groups in total. The van der Waals surface area contributed by atoms with Crippen molar-refractivity contribution in [3.63, 3.8) is 0 Å². The van der Waals surface area contributed by atoms with Crippen molar-refractivity contribution in [2.75, 3.05) is 39.5 Å². The minimum atomic E-state index is -0.612. The number of carbonyl (C=O) groups excluding carboxylic acids is 3. The second kappa shape index (κ2) is 42.8. The predicted octanol–water partition coefficient (Wildman–Crippen LogP) is 13.1. The van der Waals surface area contributed by atoms with Crippen LogP contribution >= 0.6 is 0 Å². The van der Waals surface area contributed by atoms with Crippen molar-refractivity contribution < 1.29 is 33.3 Å². The predicted molar refractivity (Wildman–Crippen MR) is 249 cm³/mol. The molecule has 3 amide bonds. The average Bonchev–Trinajstić information content (AvgIpc) is 3.22. The molecule has 0 heterocycles. The SMILES string of the molecule is CCCCCCCCCCCCCCOCC(CNC(=O)CNC(=O)OCc1ccccc1)OCCCCCCCCCCCCCC.CCCCNC(=O)OC(C)(C)C. The van der Waals surface area contributed by atoms with E-state index in [0.29, 0.717) is 26.3 Å². The Balaban J connectivity index is 0.00000250. The van der Waals surface area contributed by atoms with Gasteiger partial charge in [-0.1, -0.05) is 199 Å². The lowest BCUT2D eigenvalue weighted by atomic mass is 10.1. The second-order valence-electron chi connectivity index (χ2n) is 17.3. The van der Waals surface area contributed by atoms with E-state index in [0.717, 1.165) is 37.9 Å². The van der Waals surface area contributed by atoms with E-state index in [9.17, 15) is 14.4 Å². The Morgan fingerprint density at radius 3 is 1.50 bits per heavy atom. The average molecular weight is 848 g/mol. The van der Waals surface area contributed by atoms with Crippen LogP contribution in [0.3, 0.4) is 0 Å². The first-order chi connectivity index (χ1) is 29.1. The van der Waals surface area contributed by atoms with E-state index in [-0.39, 0.29) is 31.3 Å². The summed E-state index contributed by atoms with van der Waals surface area (Å²) in [7, 11) is 0. The van der Waals surface area contributed by atoms with Gasteiger partial charge in [-0.25, -0.2) is 9.59 Å². The highest BCUT2D eigenvalue weighted by Gasteiger charge is 2.15. The molecule has 0 bridgehead atoms. The van der Waals surface area contributed by atoms with Gasteiger partial charge in [-0.2, -0.15) is 0 Å². The van der Waals surface area contributed by atoms with Gasteiger partial charge in [0.2, 0.25) is 5.91 Å². The van der Waals surface area contributed by atoms with Gasteiger partial charge in [-0.05, 0) is 45.6 Å². The Labute approximate surface area is 368 Å². The summed E-state index contributed by atoms with van der Waals surface area (Å²) in [5.74, 6) is -0.272. The third-order valence-electron chi connectivity index (χ3n) is 10.1. The van der Waals surface area contributed by atoms with Crippen LogP contribution < -0.4 is 16.0 Å². The second-order valence-corrected chi connectivity index (χ2v) is 17.3. The highest BCUT2D eigenvalue weighted by atomic mass is 16.6. The van der Waals surface area contributed by atoms with Crippen LogP contribution in [0, 0.1) is 0 Å². The maximum absolute atomic E-state index is 12.4. The molecule has 0 saturated heterocycles. The summed E-state index contributed by atoms with van der Waals surface area (Å²) in [5, 5.41) is 8.10. The Kier molecular flexibility index (Phi) is 40.8. The summed E-state index contributed by atoms with van der Waals surface area (Å²) in [5.41, 5.74) is 0.504. The lowest BCUT2D eigenvalue weighted by Gasteiger charge is -2.19. The number of benzene rings is 1. The van der Waals surface area contributed by atoms with Crippen LogP contribution in [0.1, 0.15) is 214 Å². The molecular weight excluding hydrogens is 755 g/mol. The number of hydrogen-bond acceptors (Lipinski definition) is 7. The lowest BCUT2D eigenvalue weighted by molar-refractivity contribution is -0.121. The molecule has 0 aliphatic heterocycles. The van der Waals surface area contributed by atoms with E-state index >= 15 is 0 Å². The molecule has 1 atom stereocenters. The van der Waals surface area contributed by atoms with Gasteiger partial charge in [0.15, 0.2) is 0 Å². The molecule has 0 fully saturated rings. The van der Waals surface area contributed by atoms with E-state index in [4.69, 9.17) is 18.9 Å². The van der Waals surface area contributed by atoms with Crippen molar-refractivity contribution in [3.05, 3.63) is 35.9 Å². The van der Waals surface area contributed by atoms with Gasteiger partial charge < -0.3 is 34.9 Å². The quantitative estimate of drug-likeness (QED) is 0.0566. The minimum Gasteiger partial charge on any atom is -0.445 e. The molecule has 0 radical (unpaired) electrons. The van der Waals surface area contributed by atoms with E-state index < -0.39 is 11.7 Å². The molecule has 1 aromatic carbocycles. The molecule has 0 aliphatic rings. The van der Waals surface area contributed by atoms with Crippen LogP contribution in [0.15, 0.2) is 30.3 Å². The van der Waals surface area contributed by atoms with E-state index in [2.05, 4.69) is 36.7 Å². The first-order valence-corrected chi connectivity index (χ1v) is 24.5. The Morgan fingerprint density at radius 2 is 1.02 bits per heavy atom. The van der Waals surface area contributed by atoms with Gasteiger partial charge in [0.1, 0.15) is 12.2 Å². The molecule has 0 saturated carbocycles. The molecule has 0 spiro atoms. The third-order valence-corrected chi connectivity index (χ3v) is 10.1. The summed E-state index contributed by atoms with van der Waals surface area (Å²) in [4.78, 5) is 35.4. The van der Waals surface area contributed by atoms with E-state index in [1.54, 1.807) is 0 Å². The third kappa shape index (κ3) is 43.2. The fourth-order valence-electron chi connectivity index (χ4n) is 6.52. The smallest absolute Gasteiger partial charge is 0.407 e. The maximum atomic E-state index is 12.4. The molecule has 1 rings (SSSR count). The largest absolute Gasteiger partial charge is 0.445 e. The van der Waals surface area contributed by atoms with Gasteiger partial charge in [0, 0.05) is 26.3 Å². The van der Waals surface area contributed by atoms with Crippen LogP contribution in [0.25, 0.3) is 0 Å². The molecule has 350 valence electrons. The number of alkyl carbamates (subject to hydrolysis) is 2. The molecule has 0 aromatic heterocycles. The van der Waals surface area contributed by atoms with Crippen molar-refractivity contribution in [3.8, 4) is 0 Å². The first-order valence-electron chi connectivity index (χ1n) is 24.5. The van der Waals surface area contributed by atoms with Gasteiger partial charge in [0.05, 0.1) is 19.3 Å². The fourth-order valence-corrected chi connectivity index (χ4v) is 6.52. The lowest BCUT2D eigenvalue weighted by Crippen LogP contribution is -2.42. The molecule has 10 heteroatoms. The topological polar surface area (TPSA) is 124 Å². The summed E-state index contributed by atoms with van der Waals surface area (Å²) < 4.78 is 22.4. The summed E-state index contributed by atoms with van der Waals surface area (Å²) in [6.07, 6.45) is 32.5. The molecule has 10 nitrogen and oxygen atoms in total. The van der Waals surface area contributed by atoms with Gasteiger partial charge in [-0.3, -0.25) is 4.79 Å². The zero-order valence-corrected chi connectivity index (χ0v) is 39.7. The molecular formula is C50H93N3O7.